The molecule has 1 amide bonds. The van der Waals surface area contributed by atoms with Gasteiger partial charge in [-0.25, -0.2) is 4.98 Å². The quantitative estimate of drug-likeness (QED) is 0.296. The molecule has 0 radical (unpaired) electrons. The fourth-order valence-corrected chi connectivity index (χ4v) is 4.94. The number of carbonyl (C=O) groups is 1. The molecule has 0 unspecified atom stereocenters. The Balaban J connectivity index is 1.17. The highest BCUT2D eigenvalue weighted by Crippen LogP contribution is 2.26. The van der Waals surface area contributed by atoms with Gasteiger partial charge in [-0.15, -0.1) is 0 Å². The number of benzene rings is 3. The standard InChI is InChI=1S/C34H33N5O/c1-24(2)28-10-7-27(8-11-28)23-38-16-18-39(19-17-38)33-15-14-31(22-36-33)37-34(40)30-9-4-25(3)32(20-30)29-12-5-26(21-35)6-13-29/h4-15,20,22H,1,16-19,23H2,2-3H3,(H,37,40). The van der Waals surface area contributed by atoms with E-state index >= 15 is 0 Å². The number of hydrogen-bond donors (Lipinski definition) is 1. The fourth-order valence-electron chi connectivity index (χ4n) is 4.94. The van der Waals surface area contributed by atoms with Gasteiger partial charge in [-0.3, -0.25) is 9.69 Å². The van der Waals surface area contributed by atoms with Gasteiger partial charge in [0, 0.05) is 38.3 Å². The van der Waals surface area contributed by atoms with Crippen LogP contribution in [-0.2, 0) is 6.54 Å². The van der Waals surface area contributed by atoms with Crippen molar-refractivity contribution in [3.05, 3.63) is 119 Å². The summed E-state index contributed by atoms with van der Waals surface area (Å²) in [5.74, 6) is 0.733. The second kappa shape index (κ2) is 12.0. The van der Waals surface area contributed by atoms with Crippen LogP contribution < -0.4 is 10.2 Å². The van der Waals surface area contributed by atoms with E-state index in [-0.39, 0.29) is 5.91 Å². The molecule has 6 heteroatoms. The van der Waals surface area contributed by atoms with Crippen LogP contribution in [0.5, 0.6) is 0 Å². The minimum atomic E-state index is -0.186. The molecule has 0 aliphatic carbocycles. The highest BCUT2D eigenvalue weighted by Gasteiger charge is 2.18. The molecule has 4 aromatic rings. The smallest absolute Gasteiger partial charge is 0.255 e. The largest absolute Gasteiger partial charge is 0.354 e. The lowest BCUT2D eigenvalue weighted by atomic mass is 9.97. The highest BCUT2D eigenvalue weighted by molar-refractivity contribution is 6.05. The van der Waals surface area contributed by atoms with E-state index in [4.69, 9.17) is 5.26 Å². The third-order valence-corrected chi connectivity index (χ3v) is 7.38. The Morgan fingerprint density at radius 2 is 1.65 bits per heavy atom. The maximum atomic E-state index is 13.0. The Hall–Kier alpha value is -4.73. The zero-order valence-corrected chi connectivity index (χ0v) is 23.0. The van der Waals surface area contributed by atoms with Gasteiger partial charge < -0.3 is 10.2 Å². The van der Waals surface area contributed by atoms with Gasteiger partial charge in [0.15, 0.2) is 0 Å². The summed E-state index contributed by atoms with van der Waals surface area (Å²) in [6, 6.07) is 27.7. The van der Waals surface area contributed by atoms with Gasteiger partial charge in [0.25, 0.3) is 5.91 Å². The summed E-state index contributed by atoms with van der Waals surface area (Å²) < 4.78 is 0. The third kappa shape index (κ3) is 6.28. The molecule has 3 aromatic carbocycles. The molecule has 40 heavy (non-hydrogen) atoms. The molecule has 0 atom stereocenters. The van der Waals surface area contributed by atoms with E-state index in [9.17, 15) is 4.79 Å². The van der Waals surface area contributed by atoms with Gasteiger partial charge in [-0.1, -0.05) is 54.6 Å². The predicted octanol–water partition coefficient (Wildman–Crippen LogP) is 6.54. The zero-order chi connectivity index (χ0) is 28.1. The predicted molar refractivity (Wildman–Crippen MR) is 162 cm³/mol. The molecule has 2 heterocycles. The molecule has 5 rings (SSSR count). The van der Waals surface area contributed by atoms with Crippen LogP contribution in [0.15, 0.2) is 91.6 Å². The summed E-state index contributed by atoms with van der Waals surface area (Å²) in [6.45, 7) is 12.7. The number of pyridine rings is 1. The van der Waals surface area contributed by atoms with Crippen molar-refractivity contribution in [2.45, 2.75) is 20.4 Å². The Morgan fingerprint density at radius 3 is 2.27 bits per heavy atom. The van der Waals surface area contributed by atoms with E-state index in [1.165, 1.54) is 11.1 Å². The Bertz CT molecular complexity index is 1540. The number of piperazine rings is 1. The van der Waals surface area contributed by atoms with E-state index in [0.29, 0.717) is 16.8 Å². The molecule has 1 fully saturated rings. The van der Waals surface area contributed by atoms with Gasteiger partial charge >= 0.3 is 0 Å². The van der Waals surface area contributed by atoms with Crippen LogP contribution in [-0.4, -0.2) is 42.0 Å². The average Bonchev–Trinajstić information content (AvgIpc) is 2.98. The molecule has 1 aromatic heterocycles. The topological polar surface area (TPSA) is 72.3 Å². The number of carbonyl (C=O) groups excluding carboxylic acids is 1. The van der Waals surface area contributed by atoms with E-state index in [1.54, 1.807) is 18.3 Å². The van der Waals surface area contributed by atoms with E-state index in [1.807, 2.05) is 56.3 Å². The normalized spacial score (nSPS) is 13.5. The second-order valence-electron chi connectivity index (χ2n) is 10.3. The summed E-state index contributed by atoms with van der Waals surface area (Å²) in [6.07, 6.45) is 1.72. The monoisotopic (exact) mass is 527 g/mol. The summed E-state index contributed by atoms with van der Waals surface area (Å²) in [5.41, 5.74) is 8.42. The zero-order valence-electron chi connectivity index (χ0n) is 23.0. The summed E-state index contributed by atoms with van der Waals surface area (Å²) >= 11 is 0. The summed E-state index contributed by atoms with van der Waals surface area (Å²) in [5, 5.41) is 12.0. The van der Waals surface area contributed by atoms with Crippen LogP contribution in [0.25, 0.3) is 16.7 Å². The van der Waals surface area contributed by atoms with Crippen LogP contribution in [0.4, 0.5) is 11.5 Å². The lowest BCUT2D eigenvalue weighted by Gasteiger charge is -2.35. The lowest BCUT2D eigenvalue weighted by molar-refractivity contribution is 0.102. The SMILES string of the molecule is C=C(C)c1ccc(CN2CCN(c3ccc(NC(=O)c4ccc(C)c(-c5ccc(C#N)cc5)c4)cn3)CC2)cc1. The van der Waals surface area contributed by atoms with Gasteiger partial charge in [0.2, 0.25) is 0 Å². The molecule has 0 saturated carbocycles. The van der Waals surface area contributed by atoms with E-state index in [0.717, 1.165) is 60.8 Å². The number of nitriles is 1. The van der Waals surface area contributed by atoms with Crippen LogP contribution >= 0.6 is 0 Å². The van der Waals surface area contributed by atoms with Crippen molar-refractivity contribution in [3.63, 3.8) is 0 Å². The van der Waals surface area contributed by atoms with Crippen LogP contribution in [0, 0.1) is 18.3 Å². The molecule has 1 N–H and O–H groups in total. The average molecular weight is 528 g/mol. The van der Waals surface area contributed by atoms with Crippen molar-refractivity contribution in [1.82, 2.24) is 9.88 Å². The molecular weight excluding hydrogens is 494 g/mol. The molecule has 1 aliphatic rings. The number of anilines is 2. The summed E-state index contributed by atoms with van der Waals surface area (Å²) in [7, 11) is 0. The summed E-state index contributed by atoms with van der Waals surface area (Å²) in [4.78, 5) is 22.4. The van der Waals surface area contributed by atoms with E-state index in [2.05, 4.69) is 57.0 Å². The first-order valence-corrected chi connectivity index (χ1v) is 13.5. The molecule has 1 saturated heterocycles. The van der Waals surface area contributed by atoms with Crippen molar-refractivity contribution < 1.29 is 4.79 Å². The van der Waals surface area contributed by atoms with Crippen LogP contribution in [0.2, 0.25) is 0 Å². The minimum Gasteiger partial charge on any atom is -0.354 e. The Labute approximate surface area is 236 Å². The third-order valence-electron chi connectivity index (χ3n) is 7.38. The van der Waals surface area contributed by atoms with Crippen molar-refractivity contribution >= 4 is 23.0 Å². The van der Waals surface area contributed by atoms with Gasteiger partial charge in [-0.2, -0.15) is 5.26 Å². The molecule has 0 bridgehead atoms. The fraction of sp³-hybridized carbons (Fsp3) is 0.206. The molecule has 6 nitrogen and oxygen atoms in total. The lowest BCUT2D eigenvalue weighted by Crippen LogP contribution is -2.46. The molecule has 200 valence electrons. The Kier molecular flexibility index (Phi) is 8.04. The van der Waals surface area contributed by atoms with Gasteiger partial charge in [0.05, 0.1) is 23.5 Å². The number of aromatic nitrogens is 1. The van der Waals surface area contributed by atoms with Crippen molar-refractivity contribution in [1.29, 1.82) is 5.26 Å². The van der Waals surface area contributed by atoms with Crippen molar-refractivity contribution in [2.24, 2.45) is 0 Å². The second-order valence-corrected chi connectivity index (χ2v) is 10.3. The van der Waals surface area contributed by atoms with E-state index < -0.39 is 0 Å². The Morgan fingerprint density at radius 1 is 0.950 bits per heavy atom. The maximum absolute atomic E-state index is 13.0. The number of allylic oxidation sites excluding steroid dienone is 1. The minimum absolute atomic E-state index is 0.186. The van der Waals surface area contributed by atoms with Gasteiger partial charge in [-0.05, 0) is 78.1 Å². The van der Waals surface area contributed by atoms with Crippen LogP contribution in [0.3, 0.4) is 0 Å². The number of hydrogen-bond acceptors (Lipinski definition) is 5. The first kappa shape index (κ1) is 26.9. The first-order valence-electron chi connectivity index (χ1n) is 13.5. The number of nitrogens with zero attached hydrogens (tertiary/aromatic N) is 4. The molecule has 0 spiro atoms. The number of amides is 1. The highest BCUT2D eigenvalue weighted by atomic mass is 16.1. The first-order chi connectivity index (χ1) is 19.4. The number of aryl methyl sites for hydroxylation is 1. The van der Waals surface area contributed by atoms with Crippen LogP contribution in [0.1, 0.15) is 39.5 Å². The van der Waals surface area contributed by atoms with Crippen molar-refractivity contribution in [2.75, 3.05) is 36.4 Å². The molecular formula is C34H33N5O. The van der Waals surface area contributed by atoms with Gasteiger partial charge in [0.1, 0.15) is 5.82 Å². The number of nitrogens with one attached hydrogen (secondary N) is 1. The molecule has 1 aliphatic heterocycles. The van der Waals surface area contributed by atoms with Crippen molar-refractivity contribution in [3.8, 4) is 17.2 Å². The maximum Gasteiger partial charge on any atom is 0.255 e. The number of rotatable bonds is 7.